The zero-order valence-corrected chi connectivity index (χ0v) is 10.8. The molecule has 1 aromatic heterocycles. The molecule has 2 rings (SSSR count). The van der Waals surface area contributed by atoms with Gasteiger partial charge < -0.3 is 11.1 Å². The minimum absolute atomic E-state index is 0.0707. The topological polar surface area (TPSA) is 50.9 Å². The largest absolute Gasteiger partial charge is 0.416 e. The minimum Gasteiger partial charge on any atom is -0.397 e. The standard InChI is InChI=1S/C14H14F3N3/c1-9-4-5-19-7-10(9)8-20-13-3-2-11(6-12(13)18)14(15,16)17/h2-7,20H,8,18H2,1H3. The monoisotopic (exact) mass is 281 g/mol. The third-order valence-corrected chi connectivity index (χ3v) is 3.00. The van der Waals surface area contributed by atoms with Crippen molar-refractivity contribution in [1.29, 1.82) is 0 Å². The van der Waals surface area contributed by atoms with E-state index < -0.39 is 11.7 Å². The van der Waals surface area contributed by atoms with Gasteiger partial charge >= 0.3 is 6.18 Å². The van der Waals surface area contributed by atoms with Crippen LogP contribution in [-0.2, 0) is 12.7 Å². The van der Waals surface area contributed by atoms with Crippen LogP contribution in [0.5, 0.6) is 0 Å². The van der Waals surface area contributed by atoms with Gasteiger partial charge in [-0.05, 0) is 42.3 Å². The number of halogens is 3. The fourth-order valence-electron chi connectivity index (χ4n) is 1.77. The average molecular weight is 281 g/mol. The van der Waals surface area contributed by atoms with Crippen LogP contribution in [0, 0.1) is 6.92 Å². The lowest BCUT2D eigenvalue weighted by atomic mass is 10.1. The van der Waals surface area contributed by atoms with Gasteiger partial charge in [-0.1, -0.05) is 0 Å². The van der Waals surface area contributed by atoms with E-state index in [1.807, 2.05) is 13.0 Å². The van der Waals surface area contributed by atoms with Crippen LogP contribution in [-0.4, -0.2) is 4.98 Å². The number of nitrogens with zero attached hydrogens (tertiary/aromatic N) is 1. The molecule has 20 heavy (non-hydrogen) atoms. The third-order valence-electron chi connectivity index (χ3n) is 3.00. The Bertz CT molecular complexity index is 609. The van der Waals surface area contributed by atoms with Gasteiger partial charge in [0.1, 0.15) is 0 Å². The van der Waals surface area contributed by atoms with E-state index in [1.165, 1.54) is 6.07 Å². The molecule has 106 valence electrons. The molecule has 0 saturated carbocycles. The molecule has 0 aliphatic carbocycles. The van der Waals surface area contributed by atoms with Gasteiger partial charge in [0.25, 0.3) is 0 Å². The third kappa shape index (κ3) is 3.20. The van der Waals surface area contributed by atoms with E-state index in [0.717, 1.165) is 23.3 Å². The maximum absolute atomic E-state index is 12.5. The second kappa shape index (κ2) is 5.40. The SMILES string of the molecule is Cc1ccncc1CNc1ccc(C(F)(F)F)cc1N. The molecule has 0 aliphatic heterocycles. The molecule has 0 saturated heterocycles. The summed E-state index contributed by atoms with van der Waals surface area (Å²) in [5, 5.41) is 3.02. The lowest BCUT2D eigenvalue weighted by Crippen LogP contribution is -2.08. The number of hydrogen-bond donors (Lipinski definition) is 2. The van der Waals surface area contributed by atoms with E-state index in [0.29, 0.717) is 12.2 Å². The summed E-state index contributed by atoms with van der Waals surface area (Å²) < 4.78 is 37.6. The molecule has 0 spiro atoms. The highest BCUT2D eigenvalue weighted by Gasteiger charge is 2.30. The van der Waals surface area contributed by atoms with Gasteiger partial charge in [-0.2, -0.15) is 13.2 Å². The molecule has 1 aromatic carbocycles. The van der Waals surface area contributed by atoms with E-state index in [9.17, 15) is 13.2 Å². The number of benzene rings is 1. The van der Waals surface area contributed by atoms with Crippen molar-refractivity contribution >= 4 is 11.4 Å². The second-order valence-electron chi connectivity index (χ2n) is 4.46. The van der Waals surface area contributed by atoms with Crippen molar-refractivity contribution in [2.45, 2.75) is 19.6 Å². The number of hydrogen-bond acceptors (Lipinski definition) is 3. The lowest BCUT2D eigenvalue weighted by molar-refractivity contribution is -0.137. The van der Waals surface area contributed by atoms with Crippen molar-refractivity contribution in [1.82, 2.24) is 4.98 Å². The predicted molar refractivity (Wildman–Crippen MR) is 72.2 cm³/mol. The van der Waals surface area contributed by atoms with Gasteiger partial charge in [-0.15, -0.1) is 0 Å². The number of aryl methyl sites for hydroxylation is 1. The molecular formula is C14H14F3N3. The van der Waals surface area contributed by atoms with E-state index in [4.69, 9.17) is 5.73 Å². The Morgan fingerprint density at radius 1 is 1.25 bits per heavy atom. The Morgan fingerprint density at radius 2 is 2.00 bits per heavy atom. The number of aromatic nitrogens is 1. The first-order chi connectivity index (χ1) is 9.38. The normalized spacial score (nSPS) is 11.4. The van der Waals surface area contributed by atoms with Crippen molar-refractivity contribution in [3.63, 3.8) is 0 Å². The van der Waals surface area contributed by atoms with E-state index >= 15 is 0 Å². The highest BCUT2D eigenvalue weighted by atomic mass is 19.4. The fraction of sp³-hybridized carbons (Fsp3) is 0.214. The molecule has 0 radical (unpaired) electrons. The molecule has 0 amide bonds. The van der Waals surface area contributed by atoms with Gasteiger partial charge in [-0.25, -0.2) is 0 Å². The summed E-state index contributed by atoms with van der Waals surface area (Å²) in [6.45, 7) is 2.39. The van der Waals surface area contributed by atoms with E-state index in [-0.39, 0.29) is 5.69 Å². The molecule has 2 aromatic rings. The Balaban J connectivity index is 2.13. The summed E-state index contributed by atoms with van der Waals surface area (Å²) >= 11 is 0. The molecule has 6 heteroatoms. The highest BCUT2D eigenvalue weighted by Crippen LogP contribution is 2.32. The van der Waals surface area contributed by atoms with Crippen molar-refractivity contribution < 1.29 is 13.2 Å². The predicted octanol–water partition coefficient (Wildman–Crippen LogP) is 3.60. The van der Waals surface area contributed by atoms with Crippen molar-refractivity contribution in [2.75, 3.05) is 11.1 Å². The summed E-state index contributed by atoms with van der Waals surface area (Å²) in [6.07, 6.45) is -0.986. The summed E-state index contributed by atoms with van der Waals surface area (Å²) in [5.74, 6) is 0. The van der Waals surface area contributed by atoms with Crippen molar-refractivity contribution in [3.05, 3.63) is 53.3 Å². The highest BCUT2D eigenvalue weighted by molar-refractivity contribution is 5.67. The number of nitrogens with two attached hydrogens (primary N) is 1. The molecule has 0 bridgehead atoms. The molecule has 0 unspecified atom stereocenters. The zero-order chi connectivity index (χ0) is 14.8. The zero-order valence-electron chi connectivity index (χ0n) is 10.8. The van der Waals surface area contributed by atoms with Gasteiger partial charge in [0.2, 0.25) is 0 Å². The number of rotatable bonds is 3. The van der Waals surface area contributed by atoms with Crippen LogP contribution in [0.3, 0.4) is 0 Å². The first-order valence-corrected chi connectivity index (χ1v) is 5.98. The van der Waals surface area contributed by atoms with Crippen LogP contribution in [0.25, 0.3) is 0 Å². The van der Waals surface area contributed by atoms with Crippen LogP contribution in [0.4, 0.5) is 24.5 Å². The van der Waals surface area contributed by atoms with Gasteiger partial charge in [0.15, 0.2) is 0 Å². The van der Waals surface area contributed by atoms with Crippen LogP contribution < -0.4 is 11.1 Å². The summed E-state index contributed by atoms with van der Waals surface area (Å²) in [4.78, 5) is 4.01. The quantitative estimate of drug-likeness (QED) is 0.845. The smallest absolute Gasteiger partial charge is 0.397 e. The second-order valence-corrected chi connectivity index (χ2v) is 4.46. The summed E-state index contributed by atoms with van der Waals surface area (Å²) in [7, 11) is 0. The molecular weight excluding hydrogens is 267 g/mol. The summed E-state index contributed by atoms with van der Waals surface area (Å²) in [6, 6.07) is 5.14. The van der Waals surface area contributed by atoms with Crippen LogP contribution in [0.15, 0.2) is 36.7 Å². The maximum Gasteiger partial charge on any atom is 0.416 e. The van der Waals surface area contributed by atoms with Gasteiger partial charge in [0, 0.05) is 18.9 Å². The number of anilines is 2. The molecule has 0 aliphatic rings. The minimum atomic E-state index is -4.38. The van der Waals surface area contributed by atoms with E-state index in [1.54, 1.807) is 12.4 Å². The molecule has 0 fully saturated rings. The van der Waals surface area contributed by atoms with Crippen LogP contribution in [0.1, 0.15) is 16.7 Å². The Labute approximate surface area is 114 Å². The van der Waals surface area contributed by atoms with Gasteiger partial charge in [0.05, 0.1) is 16.9 Å². The maximum atomic E-state index is 12.5. The van der Waals surface area contributed by atoms with Crippen LogP contribution >= 0.6 is 0 Å². The van der Waals surface area contributed by atoms with Crippen molar-refractivity contribution in [2.24, 2.45) is 0 Å². The fourth-order valence-corrected chi connectivity index (χ4v) is 1.77. The van der Waals surface area contributed by atoms with Crippen LogP contribution in [0.2, 0.25) is 0 Å². The summed E-state index contributed by atoms with van der Waals surface area (Å²) in [5.41, 5.74) is 7.45. The van der Waals surface area contributed by atoms with Gasteiger partial charge in [-0.3, -0.25) is 4.98 Å². The molecule has 3 N–H and O–H groups in total. The number of pyridine rings is 1. The average Bonchev–Trinajstić information content (AvgIpc) is 2.38. The molecule has 0 atom stereocenters. The molecule has 1 heterocycles. The lowest BCUT2D eigenvalue weighted by Gasteiger charge is -2.13. The number of nitrogen functional groups attached to an aromatic ring is 1. The Hall–Kier alpha value is -2.24. The molecule has 3 nitrogen and oxygen atoms in total. The number of nitrogens with one attached hydrogen (secondary N) is 1. The van der Waals surface area contributed by atoms with E-state index in [2.05, 4.69) is 10.3 Å². The first-order valence-electron chi connectivity index (χ1n) is 5.98. The van der Waals surface area contributed by atoms with Crippen molar-refractivity contribution in [3.8, 4) is 0 Å². The number of alkyl halides is 3. The Kier molecular flexibility index (Phi) is 3.83. The first kappa shape index (κ1) is 14.2. The Morgan fingerprint density at radius 3 is 2.60 bits per heavy atom.